The number of urea groups is 1. The molecule has 3 rings (SSSR count). The number of amides is 2. The van der Waals surface area contributed by atoms with Gasteiger partial charge < -0.3 is 14.7 Å². The Morgan fingerprint density at radius 3 is 2.62 bits per heavy atom. The van der Waals surface area contributed by atoms with Gasteiger partial charge in [-0.25, -0.2) is 13.2 Å². The van der Waals surface area contributed by atoms with Crippen LogP contribution in [-0.2, 0) is 9.84 Å². The van der Waals surface area contributed by atoms with Gasteiger partial charge in [-0.2, -0.15) is 4.98 Å². The molecule has 2 aromatic rings. The molecule has 1 N–H and O–H groups in total. The van der Waals surface area contributed by atoms with E-state index in [4.69, 9.17) is 4.52 Å². The fourth-order valence-electron chi connectivity index (χ4n) is 2.28. The number of carbonyl (C=O) groups excluding carboxylic acids is 1. The highest BCUT2D eigenvalue weighted by Gasteiger charge is 2.27. The molecule has 2 aromatic heterocycles. The molecule has 24 heavy (non-hydrogen) atoms. The van der Waals surface area contributed by atoms with Crippen LogP contribution >= 0.6 is 0 Å². The summed E-state index contributed by atoms with van der Waals surface area (Å²) >= 11 is 0. The lowest BCUT2D eigenvalue weighted by Crippen LogP contribution is -2.48. The summed E-state index contributed by atoms with van der Waals surface area (Å²) in [6.45, 7) is 2.10. The molecule has 2 amide bonds. The van der Waals surface area contributed by atoms with Gasteiger partial charge in [-0.05, 0) is 19.1 Å². The first-order chi connectivity index (χ1) is 11.4. The van der Waals surface area contributed by atoms with E-state index in [9.17, 15) is 13.2 Å². The lowest BCUT2D eigenvalue weighted by Gasteiger charge is -2.27. The number of carbonyl (C=O) groups is 1. The van der Waals surface area contributed by atoms with Gasteiger partial charge in [0.1, 0.15) is 6.04 Å². The van der Waals surface area contributed by atoms with E-state index < -0.39 is 15.9 Å². The second-order valence-corrected chi connectivity index (χ2v) is 7.81. The maximum absolute atomic E-state index is 12.2. The van der Waals surface area contributed by atoms with Crippen molar-refractivity contribution in [3.63, 3.8) is 0 Å². The molecule has 0 bridgehead atoms. The van der Waals surface area contributed by atoms with Gasteiger partial charge in [-0.3, -0.25) is 4.98 Å². The molecule has 3 heterocycles. The van der Waals surface area contributed by atoms with Gasteiger partial charge in [0.05, 0.1) is 11.5 Å². The monoisotopic (exact) mass is 351 g/mol. The van der Waals surface area contributed by atoms with Crippen molar-refractivity contribution < 1.29 is 17.7 Å². The zero-order chi connectivity index (χ0) is 17.2. The van der Waals surface area contributed by atoms with Crippen LogP contribution in [0.4, 0.5) is 4.79 Å². The Morgan fingerprint density at radius 1 is 1.29 bits per heavy atom. The topological polar surface area (TPSA) is 118 Å². The number of pyridine rings is 1. The number of sulfone groups is 1. The van der Waals surface area contributed by atoms with E-state index in [2.05, 4.69) is 20.4 Å². The fraction of sp³-hybridized carbons (Fsp3) is 0.429. The second-order valence-electron chi connectivity index (χ2n) is 5.50. The van der Waals surface area contributed by atoms with Gasteiger partial charge >= 0.3 is 6.03 Å². The molecule has 1 fully saturated rings. The van der Waals surface area contributed by atoms with Gasteiger partial charge in [-0.15, -0.1) is 0 Å². The number of rotatable bonds is 3. The molecule has 10 heteroatoms. The molecule has 0 spiro atoms. The number of nitrogens with zero attached hydrogens (tertiary/aromatic N) is 4. The summed E-state index contributed by atoms with van der Waals surface area (Å²) in [6, 6.07) is 2.68. The smallest absolute Gasteiger partial charge is 0.318 e. The molecular weight excluding hydrogens is 334 g/mol. The standard InChI is InChI=1S/C14H17N5O4S/c1-10(16-14(20)19-6-8-24(21,22)9-7-19)13-17-12(18-23-13)11-2-4-15-5-3-11/h2-5,10H,6-9H2,1H3,(H,16,20). The summed E-state index contributed by atoms with van der Waals surface area (Å²) in [4.78, 5) is 21.9. The third-order valence-corrected chi connectivity index (χ3v) is 5.33. The summed E-state index contributed by atoms with van der Waals surface area (Å²) in [5.74, 6) is 0.667. The van der Waals surface area contributed by atoms with Crippen LogP contribution in [0.3, 0.4) is 0 Å². The predicted molar refractivity (Wildman–Crippen MR) is 84.7 cm³/mol. The Balaban J connectivity index is 1.62. The van der Waals surface area contributed by atoms with Crippen LogP contribution in [0.5, 0.6) is 0 Å². The number of hydrogen-bond acceptors (Lipinski definition) is 7. The maximum Gasteiger partial charge on any atom is 0.318 e. The van der Waals surface area contributed by atoms with Crippen LogP contribution in [0, 0.1) is 0 Å². The Hall–Kier alpha value is -2.49. The van der Waals surface area contributed by atoms with Crippen LogP contribution in [0.25, 0.3) is 11.4 Å². The molecule has 0 saturated carbocycles. The average molecular weight is 351 g/mol. The molecule has 1 saturated heterocycles. The normalized spacial score (nSPS) is 18.1. The lowest BCUT2D eigenvalue weighted by molar-refractivity contribution is 0.196. The van der Waals surface area contributed by atoms with Crippen molar-refractivity contribution in [1.82, 2.24) is 25.3 Å². The average Bonchev–Trinajstić information content (AvgIpc) is 3.05. The van der Waals surface area contributed by atoms with E-state index in [1.54, 1.807) is 31.5 Å². The van der Waals surface area contributed by atoms with Gasteiger partial charge in [0, 0.05) is 31.0 Å². The molecule has 9 nitrogen and oxygen atoms in total. The number of aromatic nitrogens is 3. The Morgan fingerprint density at radius 2 is 1.96 bits per heavy atom. The molecule has 128 valence electrons. The minimum atomic E-state index is -3.02. The summed E-state index contributed by atoms with van der Waals surface area (Å²) in [5, 5.41) is 6.63. The van der Waals surface area contributed by atoms with E-state index in [0.29, 0.717) is 5.82 Å². The quantitative estimate of drug-likeness (QED) is 0.861. The highest BCUT2D eigenvalue weighted by Crippen LogP contribution is 2.18. The highest BCUT2D eigenvalue weighted by molar-refractivity contribution is 7.91. The van der Waals surface area contributed by atoms with Gasteiger partial charge in [0.2, 0.25) is 11.7 Å². The van der Waals surface area contributed by atoms with E-state index in [1.165, 1.54) is 4.90 Å². The van der Waals surface area contributed by atoms with Crippen LogP contribution < -0.4 is 5.32 Å². The first-order valence-corrected chi connectivity index (χ1v) is 9.26. The van der Waals surface area contributed by atoms with Crippen molar-refractivity contribution in [2.24, 2.45) is 0 Å². The van der Waals surface area contributed by atoms with Gasteiger partial charge in [-0.1, -0.05) is 5.16 Å². The minimum Gasteiger partial charge on any atom is -0.337 e. The van der Waals surface area contributed by atoms with E-state index in [0.717, 1.165) is 5.56 Å². The fourth-order valence-corrected chi connectivity index (χ4v) is 3.48. The summed E-state index contributed by atoms with van der Waals surface area (Å²) in [7, 11) is -3.02. The van der Waals surface area contributed by atoms with Crippen LogP contribution in [0.1, 0.15) is 18.9 Å². The molecule has 0 radical (unpaired) electrons. The molecule has 1 atom stereocenters. The SMILES string of the molecule is CC(NC(=O)N1CCS(=O)(=O)CC1)c1nc(-c2ccncc2)no1. The Bertz CT molecular complexity index is 807. The van der Waals surface area contributed by atoms with Crippen LogP contribution in [-0.4, -0.2) is 59.1 Å². The second kappa shape index (κ2) is 6.56. The molecule has 1 aliphatic heterocycles. The van der Waals surface area contributed by atoms with E-state index in [1.807, 2.05) is 0 Å². The van der Waals surface area contributed by atoms with Crippen molar-refractivity contribution in [3.05, 3.63) is 30.4 Å². The van der Waals surface area contributed by atoms with E-state index >= 15 is 0 Å². The molecule has 1 aliphatic rings. The molecule has 0 aliphatic carbocycles. The first-order valence-electron chi connectivity index (χ1n) is 7.44. The van der Waals surface area contributed by atoms with Crippen LogP contribution in [0.2, 0.25) is 0 Å². The Labute approximate surface area is 139 Å². The molecule has 0 aromatic carbocycles. The first kappa shape index (κ1) is 16.4. The van der Waals surface area contributed by atoms with E-state index in [-0.39, 0.29) is 36.5 Å². The van der Waals surface area contributed by atoms with Crippen LogP contribution in [0.15, 0.2) is 29.0 Å². The van der Waals surface area contributed by atoms with Crippen molar-refractivity contribution in [2.75, 3.05) is 24.6 Å². The third-order valence-electron chi connectivity index (χ3n) is 3.72. The summed E-state index contributed by atoms with van der Waals surface area (Å²) < 4.78 is 28.0. The van der Waals surface area contributed by atoms with Crippen molar-refractivity contribution in [2.45, 2.75) is 13.0 Å². The maximum atomic E-state index is 12.2. The summed E-state index contributed by atoms with van der Waals surface area (Å²) in [5.41, 5.74) is 0.764. The largest absolute Gasteiger partial charge is 0.337 e. The number of nitrogens with one attached hydrogen (secondary N) is 1. The van der Waals surface area contributed by atoms with Gasteiger partial charge in [0.15, 0.2) is 9.84 Å². The number of hydrogen-bond donors (Lipinski definition) is 1. The highest BCUT2D eigenvalue weighted by atomic mass is 32.2. The Kier molecular flexibility index (Phi) is 4.47. The minimum absolute atomic E-state index is 0.0124. The predicted octanol–water partition coefficient (Wildman–Crippen LogP) is 0.633. The zero-order valence-electron chi connectivity index (χ0n) is 13.0. The molecule has 1 unspecified atom stereocenters. The zero-order valence-corrected chi connectivity index (χ0v) is 13.9. The van der Waals surface area contributed by atoms with Crippen molar-refractivity contribution >= 4 is 15.9 Å². The van der Waals surface area contributed by atoms with Crippen molar-refractivity contribution in [3.8, 4) is 11.4 Å². The summed E-state index contributed by atoms with van der Waals surface area (Å²) in [6.07, 6.45) is 3.25. The van der Waals surface area contributed by atoms with Gasteiger partial charge in [0.25, 0.3) is 0 Å². The van der Waals surface area contributed by atoms with Crippen molar-refractivity contribution in [1.29, 1.82) is 0 Å². The third kappa shape index (κ3) is 3.70. The lowest BCUT2D eigenvalue weighted by atomic mass is 10.2. The molecular formula is C14H17N5O4S.